The largest absolute Gasteiger partial charge is 0.481 e. The van der Waals surface area contributed by atoms with E-state index in [0.29, 0.717) is 21.4 Å². The lowest BCUT2D eigenvalue weighted by molar-refractivity contribution is -0.128. The van der Waals surface area contributed by atoms with E-state index in [1.807, 2.05) is 0 Å². The smallest absolute Gasteiger partial charge is 0.279 e. The Morgan fingerprint density at radius 3 is 2.30 bits per heavy atom. The van der Waals surface area contributed by atoms with Gasteiger partial charge in [-0.05, 0) is 43.3 Å². The van der Waals surface area contributed by atoms with E-state index in [1.165, 1.54) is 6.07 Å². The molecule has 1 atom stereocenters. The van der Waals surface area contributed by atoms with Crippen LogP contribution in [0.2, 0.25) is 10.0 Å². The van der Waals surface area contributed by atoms with Crippen molar-refractivity contribution in [2.75, 3.05) is 0 Å². The highest BCUT2D eigenvalue weighted by Crippen LogP contribution is 2.18. The second-order valence-corrected chi connectivity index (χ2v) is 5.54. The van der Waals surface area contributed by atoms with Gasteiger partial charge < -0.3 is 4.74 Å². The van der Waals surface area contributed by atoms with Crippen molar-refractivity contribution in [1.29, 1.82) is 0 Å². The third-order valence-corrected chi connectivity index (χ3v) is 3.33. The SMILES string of the molecule is C[C@@H](Oc1cccc(Cl)c1)C(=O)NNC(=O)c1cccc(Cl)c1. The summed E-state index contributed by atoms with van der Waals surface area (Å²) >= 11 is 11.6. The molecular formula is C16H14Cl2N2O3. The van der Waals surface area contributed by atoms with Crippen molar-refractivity contribution < 1.29 is 14.3 Å². The van der Waals surface area contributed by atoms with Crippen LogP contribution in [-0.4, -0.2) is 17.9 Å². The normalized spacial score (nSPS) is 11.4. The molecule has 7 heteroatoms. The number of nitrogens with one attached hydrogen (secondary N) is 2. The zero-order chi connectivity index (χ0) is 16.8. The summed E-state index contributed by atoms with van der Waals surface area (Å²) in [5.41, 5.74) is 4.93. The number of amides is 2. The molecule has 0 heterocycles. The van der Waals surface area contributed by atoms with Crippen molar-refractivity contribution in [1.82, 2.24) is 10.9 Å². The molecule has 2 N–H and O–H groups in total. The molecule has 0 aliphatic carbocycles. The maximum atomic E-state index is 11.9. The first-order valence-corrected chi connectivity index (χ1v) is 7.49. The van der Waals surface area contributed by atoms with E-state index in [-0.39, 0.29) is 0 Å². The van der Waals surface area contributed by atoms with E-state index in [2.05, 4.69) is 10.9 Å². The van der Waals surface area contributed by atoms with Crippen LogP contribution in [0.5, 0.6) is 5.75 Å². The van der Waals surface area contributed by atoms with E-state index < -0.39 is 17.9 Å². The zero-order valence-corrected chi connectivity index (χ0v) is 13.7. The van der Waals surface area contributed by atoms with Crippen molar-refractivity contribution in [3.8, 4) is 5.75 Å². The fourth-order valence-electron chi connectivity index (χ4n) is 1.72. The summed E-state index contributed by atoms with van der Waals surface area (Å²) < 4.78 is 5.45. The lowest BCUT2D eigenvalue weighted by Crippen LogP contribution is -2.47. The quantitative estimate of drug-likeness (QED) is 0.830. The summed E-state index contributed by atoms with van der Waals surface area (Å²) in [5, 5.41) is 0.936. The Kier molecular flexibility index (Phi) is 5.84. The average molecular weight is 353 g/mol. The standard InChI is InChI=1S/C16H14Cl2N2O3/c1-10(23-14-7-3-6-13(18)9-14)15(21)19-20-16(22)11-4-2-5-12(17)8-11/h2-10H,1H3,(H,19,21)(H,20,22)/t10-/m1/s1. The minimum atomic E-state index is -0.812. The minimum Gasteiger partial charge on any atom is -0.481 e. The van der Waals surface area contributed by atoms with E-state index in [4.69, 9.17) is 27.9 Å². The van der Waals surface area contributed by atoms with Crippen LogP contribution in [0, 0.1) is 0 Å². The van der Waals surface area contributed by atoms with Crippen molar-refractivity contribution >= 4 is 35.0 Å². The monoisotopic (exact) mass is 352 g/mol. The van der Waals surface area contributed by atoms with E-state index in [0.717, 1.165) is 0 Å². The van der Waals surface area contributed by atoms with Crippen molar-refractivity contribution in [3.63, 3.8) is 0 Å². The molecule has 0 bridgehead atoms. The summed E-state index contributed by atoms with van der Waals surface area (Å²) in [4.78, 5) is 23.8. The summed E-state index contributed by atoms with van der Waals surface area (Å²) in [6.45, 7) is 1.56. The molecule has 2 amide bonds. The first-order valence-electron chi connectivity index (χ1n) is 6.73. The molecular weight excluding hydrogens is 339 g/mol. The minimum absolute atomic E-state index is 0.334. The summed E-state index contributed by atoms with van der Waals surface area (Å²) in [5.74, 6) is -0.516. The highest BCUT2D eigenvalue weighted by Gasteiger charge is 2.16. The predicted octanol–water partition coefficient (Wildman–Crippen LogP) is 3.22. The van der Waals surface area contributed by atoms with Gasteiger partial charge in [-0.2, -0.15) is 0 Å². The van der Waals surface area contributed by atoms with E-state index in [1.54, 1.807) is 49.4 Å². The molecule has 0 aliphatic rings. The zero-order valence-electron chi connectivity index (χ0n) is 12.2. The van der Waals surface area contributed by atoms with Crippen molar-refractivity contribution in [3.05, 3.63) is 64.1 Å². The Hall–Kier alpha value is -2.24. The topological polar surface area (TPSA) is 67.4 Å². The van der Waals surface area contributed by atoms with Gasteiger partial charge in [0.15, 0.2) is 6.10 Å². The number of ether oxygens (including phenoxy) is 1. The van der Waals surface area contributed by atoms with Gasteiger partial charge in [0, 0.05) is 15.6 Å². The molecule has 0 aromatic heterocycles. The van der Waals surface area contributed by atoms with Gasteiger partial charge in [0.2, 0.25) is 0 Å². The second-order valence-electron chi connectivity index (χ2n) is 4.67. The molecule has 0 aliphatic heterocycles. The molecule has 2 aromatic rings. The number of hydrogen-bond donors (Lipinski definition) is 2. The van der Waals surface area contributed by atoms with Gasteiger partial charge in [-0.3, -0.25) is 20.4 Å². The fourth-order valence-corrected chi connectivity index (χ4v) is 2.09. The van der Waals surface area contributed by atoms with Gasteiger partial charge >= 0.3 is 0 Å². The molecule has 2 rings (SSSR count). The number of rotatable bonds is 4. The average Bonchev–Trinajstić information content (AvgIpc) is 2.52. The molecule has 0 spiro atoms. The first-order chi connectivity index (χ1) is 11.0. The number of carbonyl (C=O) groups excluding carboxylic acids is 2. The van der Waals surface area contributed by atoms with Crippen LogP contribution >= 0.6 is 23.2 Å². The third-order valence-electron chi connectivity index (χ3n) is 2.86. The van der Waals surface area contributed by atoms with Crippen LogP contribution in [0.4, 0.5) is 0 Å². The number of halogens is 2. The second kappa shape index (κ2) is 7.85. The Morgan fingerprint density at radius 2 is 1.65 bits per heavy atom. The Bertz CT molecular complexity index is 722. The molecule has 0 radical (unpaired) electrons. The van der Waals surface area contributed by atoms with Crippen LogP contribution in [0.15, 0.2) is 48.5 Å². The highest BCUT2D eigenvalue weighted by molar-refractivity contribution is 6.31. The van der Waals surface area contributed by atoms with Crippen LogP contribution in [-0.2, 0) is 4.79 Å². The van der Waals surface area contributed by atoms with E-state index in [9.17, 15) is 9.59 Å². The molecule has 0 unspecified atom stereocenters. The van der Waals surface area contributed by atoms with Gasteiger partial charge in [0.1, 0.15) is 5.75 Å². The number of hydrogen-bond acceptors (Lipinski definition) is 3. The molecule has 0 saturated heterocycles. The Balaban J connectivity index is 1.87. The van der Waals surface area contributed by atoms with Crippen molar-refractivity contribution in [2.24, 2.45) is 0 Å². The van der Waals surface area contributed by atoms with Gasteiger partial charge in [-0.15, -0.1) is 0 Å². The molecule has 2 aromatic carbocycles. The van der Waals surface area contributed by atoms with Crippen LogP contribution in [0.3, 0.4) is 0 Å². The lowest BCUT2D eigenvalue weighted by Gasteiger charge is -2.15. The maximum absolute atomic E-state index is 11.9. The van der Waals surface area contributed by atoms with Gasteiger partial charge in [-0.1, -0.05) is 35.3 Å². The number of carbonyl (C=O) groups is 2. The molecule has 0 fully saturated rings. The molecule has 23 heavy (non-hydrogen) atoms. The van der Waals surface area contributed by atoms with Gasteiger partial charge in [-0.25, -0.2) is 0 Å². The lowest BCUT2D eigenvalue weighted by atomic mass is 10.2. The Labute approximate surface area is 143 Å². The maximum Gasteiger partial charge on any atom is 0.279 e. The third kappa shape index (κ3) is 5.16. The summed E-state index contributed by atoms with van der Waals surface area (Å²) in [6, 6.07) is 13.1. The molecule has 120 valence electrons. The van der Waals surface area contributed by atoms with Crippen LogP contribution in [0.25, 0.3) is 0 Å². The first kappa shape index (κ1) is 17.1. The van der Waals surface area contributed by atoms with E-state index >= 15 is 0 Å². The van der Waals surface area contributed by atoms with Gasteiger partial charge in [0.25, 0.3) is 11.8 Å². The molecule has 5 nitrogen and oxygen atoms in total. The summed E-state index contributed by atoms with van der Waals surface area (Å²) in [7, 11) is 0. The summed E-state index contributed by atoms with van der Waals surface area (Å²) in [6.07, 6.45) is -0.812. The highest BCUT2D eigenvalue weighted by atomic mass is 35.5. The van der Waals surface area contributed by atoms with Crippen molar-refractivity contribution in [2.45, 2.75) is 13.0 Å². The number of hydrazine groups is 1. The van der Waals surface area contributed by atoms with Crippen LogP contribution < -0.4 is 15.6 Å². The van der Waals surface area contributed by atoms with Gasteiger partial charge in [0.05, 0.1) is 0 Å². The fraction of sp³-hybridized carbons (Fsp3) is 0.125. The Morgan fingerprint density at radius 1 is 1.00 bits per heavy atom. The predicted molar refractivity (Wildman–Crippen MR) is 88.6 cm³/mol. The van der Waals surface area contributed by atoms with Crippen LogP contribution in [0.1, 0.15) is 17.3 Å². The number of benzene rings is 2. The molecule has 0 saturated carbocycles.